The normalized spacial score (nSPS) is 10.3. The zero-order valence-electron chi connectivity index (χ0n) is 15.1. The molecule has 4 rings (SSSR count). The highest BCUT2D eigenvalue weighted by Gasteiger charge is 2.19. The molecule has 4 heteroatoms. The van der Waals surface area contributed by atoms with Crippen LogP contribution >= 0.6 is 0 Å². The van der Waals surface area contributed by atoms with Gasteiger partial charge in [0, 0.05) is 11.1 Å². The van der Waals surface area contributed by atoms with Crippen LogP contribution in [-0.4, -0.2) is 0 Å². The van der Waals surface area contributed by atoms with E-state index >= 15 is 0 Å². The van der Waals surface area contributed by atoms with E-state index in [0.29, 0.717) is 5.75 Å². The number of nitroso groups, excluding NO2 is 1. The molecule has 0 radical (unpaired) electrons. The van der Waals surface area contributed by atoms with Crippen LogP contribution in [-0.2, 0) is 0 Å². The Morgan fingerprint density at radius 1 is 0.571 bits per heavy atom. The minimum absolute atomic E-state index is 0.532. The van der Waals surface area contributed by atoms with Crippen LogP contribution in [0.15, 0.2) is 108 Å². The Morgan fingerprint density at radius 2 is 1.07 bits per heavy atom. The first-order chi connectivity index (χ1) is 13.9. The van der Waals surface area contributed by atoms with Crippen molar-refractivity contribution in [3.63, 3.8) is 0 Å². The van der Waals surface area contributed by atoms with Crippen LogP contribution in [0.4, 0.5) is 0 Å². The molecule has 0 atom stereocenters. The molecule has 28 heavy (non-hydrogen) atoms. The zero-order chi connectivity index (χ0) is 19.2. The predicted octanol–water partition coefficient (Wildman–Crippen LogP) is 6.25. The highest BCUT2D eigenvalue weighted by Crippen LogP contribution is 2.44. The Hall–Kier alpha value is -3.92. The number of nitrogens with zero attached hydrogens (tertiary/aromatic N) is 1. The van der Waals surface area contributed by atoms with E-state index in [1.54, 1.807) is 0 Å². The molecule has 0 unspecified atom stereocenters. The fraction of sp³-hybridized carbons (Fsp3) is 0. The second-order valence-corrected chi connectivity index (χ2v) is 6.24. The quantitative estimate of drug-likeness (QED) is 0.324. The summed E-state index contributed by atoms with van der Waals surface area (Å²) in [6.45, 7) is 0. The molecule has 136 valence electrons. The molecule has 0 saturated carbocycles. The average Bonchev–Trinajstić information content (AvgIpc) is 2.79. The van der Waals surface area contributed by atoms with Crippen LogP contribution in [0.2, 0.25) is 0 Å². The first-order valence-corrected chi connectivity index (χ1v) is 8.96. The summed E-state index contributed by atoms with van der Waals surface area (Å²) in [6.07, 6.45) is 0. The van der Waals surface area contributed by atoms with Gasteiger partial charge >= 0.3 is 0 Å². The first-order valence-electron chi connectivity index (χ1n) is 8.96. The maximum Gasteiger partial charge on any atom is 0.165 e. The third-order valence-electron chi connectivity index (χ3n) is 4.57. The zero-order valence-corrected chi connectivity index (χ0v) is 15.1. The lowest BCUT2D eigenvalue weighted by Gasteiger charge is -2.19. The van der Waals surface area contributed by atoms with E-state index in [1.165, 1.54) is 0 Å². The fourth-order valence-corrected chi connectivity index (χ4v) is 3.39. The molecule has 4 nitrogen and oxygen atoms in total. The molecular weight excluding hydrogens is 348 g/mol. The van der Waals surface area contributed by atoms with Crippen LogP contribution in [0, 0.1) is 4.91 Å². The molecule has 1 N–H and O–H groups in total. The highest BCUT2D eigenvalue weighted by atomic mass is 16.7. The number of rotatable bonds is 6. The summed E-state index contributed by atoms with van der Waals surface area (Å²) >= 11 is 0. The number of hydrogen-bond donors (Lipinski definition) is 1. The molecule has 0 heterocycles. The van der Waals surface area contributed by atoms with Crippen molar-refractivity contribution in [3.05, 3.63) is 108 Å². The Bertz CT molecular complexity index is 1070. The van der Waals surface area contributed by atoms with Crippen molar-refractivity contribution in [2.75, 3.05) is 0 Å². The highest BCUT2D eigenvalue weighted by molar-refractivity contribution is 5.97. The summed E-state index contributed by atoms with van der Waals surface area (Å²) < 4.78 is 0. The summed E-state index contributed by atoms with van der Waals surface area (Å²) in [5, 5.41) is 2.63. The van der Waals surface area contributed by atoms with Crippen LogP contribution in [0.1, 0.15) is 0 Å². The monoisotopic (exact) mass is 366 g/mol. The van der Waals surface area contributed by atoms with E-state index in [-0.39, 0.29) is 0 Å². The van der Waals surface area contributed by atoms with Crippen LogP contribution in [0.25, 0.3) is 33.4 Å². The van der Waals surface area contributed by atoms with Crippen molar-refractivity contribution in [3.8, 4) is 39.1 Å². The number of benzene rings is 4. The number of hydrogen-bond acceptors (Lipinski definition) is 3. The van der Waals surface area contributed by atoms with Crippen molar-refractivity contribution < 1.29 is 4.84 Å². The average molecular weight is 366 g/mol. The van der Waals surface area contributed by atoms with Gasteiger partial charge in [0.05, 0.1) is 5.29 Å². The molecule has 0 aliphatic carbocycles. The molecule has 0 fully saturated rings. The van der Waals surface area contributed by atoms with Gasteiger partial charge in [-0.25, -0.2) is 0 Å². The van der Waals surface area contributed by atoms with Gasteiger partial charge < -0.3 is 4.84 Å². The van der Waals surface area contributed by atoms with Gasteiger partial charge in [0.15, 0.2) is 5.75 Å². The Labute approximate surface area is 163 Å². The van der Waals surface area contributed by atoms with E-state index < -0.39 is 0 Å². The smallest absolute Gasteiger partial charge is 0.165 e. The predicted molar refractivity (Wildman–Crippen MR) is 112 cm³/mol. The van der Waals surface area contributed by atoms with Crippen LogP contribution in [0.3, 0.4) is 0 Å². The lowest BCUT2D eigenvalue weighted by Crippen LogP contribution is -2.10. The lowest BCUT2D eigenvalue weighted by atomic mass is 9.87. The van der Waals surface area contributed by atoms with Gasteiger partial charge in [-0.1, -0.05) is 91.0 Å². The maximum atomic E-state index is 10.6. The third kappa shape index (κ3) is 3.48. The molecular formula is C24H18N2O2. The van der Waals surface area contributed by atoms with E-state index in [2.05, 4.69) is 35.1 Å². The lowest BCUT2D eigenvalue weighted by molar-refractivity contribution is 0.200. The van der Waals surface area contributed by atoms with Crippen LogP contribution in [0.5, 0.6) is 5.75 Å². The van der Waals surface area contributed by atoms with Gasteiger partial charge in [-0.15, -0.1) is 10.5 Å². The molecule has 0 aliphatic rings. The Kier molecular flexibility index (Phi) is 5.11. The van der Waals surface area contributed by atoms with E-state index in [4.69, 9.17) is 4.84 Å². The second kappa shape index (κ2) is 8.18. The molecule has 0 bridgehead atoms. The maximum absolute atomic E-state index is 10.6. The summed E-state index contributed by atoms with van der Waals surface area (Å²) in [4.78, 5) is 16.0. The van der Waals surface area contributed by atoms with Gasteiger partial charge in [-0.3, -0.25) is 0 Å². The molecule has 4 aromatic carbocycles. The molecule has 4 aromatic rings. The van der Waals surface area contributed by atoms with Crippen LogP contribution < -0.4 is 10.4 Å². The standard InChI is InChI=1S/C24H18N2O2/c27-25-26-28-22-17-16-21(18-10-4-1-5-11-18)23(19-12-6-2-7-13-19)24(22)20-14-8-3-9-15-20/h1-17H,(H,26,27). The molecule has 0 amide bonds. The van der Waals surface area contributed by atoms with Gasteiger partial charge in [0.2, 0.25) is 0 Å². The van der Waals surface area contributed by atoms with Crippen molar-refractivity contribution in [1.29, 1.82) is 0 Å². The first kappa shape index (κ1) is 17.5. The SMILES string of the molecule is O=NNOc1ccc(-c2ccccc2)c(-c2ccccc2)c1-c1ccccc1. The summed E-state index contributed by atoms with van der Waals surface area (Å²) in [5.41, 5.74) is 8.24. The van der Waals surface area contributed by atoms with Crippen molar-refractivity contribution >= 4 is 0 Å². The van der Waals surface area contributed by atoms with E-state index in [0.717, 1.165) is 33.4 Å². The largest absolute Gasteiger partial charge is 0.362 e. The second-order valence-electron chi connectivity index (χ2n) is 6.24. The summed E-state index contributed by atoms with van der Waals surface area (Å²) in [6, 6.07) is 34.2. The van der Waals surface area contributed by atoms with Gasteiger partial charge in [-0.05, 0) is 34.4 Å². The topological polar surface area (TPSA) is 50.7 Å². The molecule has 0 spiro atoms. The van der Waals surface area contributed by atoms with Gasteiger partial charge in [-0.2, -0.15) is 0 Å². The molecule has 0 aromatic heterocycles. The van der Waals surface area contributed by atoms with Gasteiger partial charge in [0.25, 0.3) is 0 Å². The Morgan fingerprint density at radius 3 is 1.61 bits per heavy atom. The number of nitrogens with one attached hydrogen (secondary N) is 1. The van der Waals surface area contributed by atoms with E-state index in [1.807, 2.05) is 78.9 Å². The minimum atomic E-state index is 0.532. The third-order valence-corrected chi connectivity index (χ3v) is 4.57. The Balaban J connectivity index is 2.05. The van der Waals surface area contributed by atoms with Crippen molar-refractivity contribution in [2.45, 2.75) is 0 Å². The minimum Gasteiger partial charge on any atom is -0.362 e. The van der Waals surface area contributed by atoms with Crippen molar-refractivity contribution in [2.24, 2.45) is 5.29 Å². The molecule has 0 saturated heterocycles. The fourth-order valence-electron chi connectivity index (χ4n) is 3.39. The molecule has 0 aliphatic heterocycles. The van der Waals surface area contributed by atoms with E-state index in [9.17, 15) is 4.91 Å². The summed E-state index contributed by atoms with van der Waals surface area (Å²) in [5.74, 6) is 0.532. The summed E-state index contributed by atoms with van der Waals surface area (Å²) in [7, 11) is 0. The van der Waals surface area contributed by atoms with Crippen molar-refractivity contribution in [1.82, 2.24) is 5.59 Å². The van der Waals surface area contributed by atoms with Gasteiger partial charge in [0.1, 0.15) is 0 Å².